The van der Waals surface area contributed by atoms with Gasteiger partial charge in [0.25, 0.3) is 0 Å². The van der Waals surface area contributed by atoms with E-state index in [9.17, 15) is 9.59 Å². The molecule has 0 aliphatic heterocycles. The Morgan fingerprint density at radius 3 is 2.20 bits per heavy atom. The molecule has 2 N–H and O–H groups in total. The third kappa shape index (κ3) is 3.93. The third-order valence-electron chi connectivity index (χ3n) is 4.77. The lowest BCUT2D eigenvalue weighted by Crippen LogP contribution is -2.16. The normalized spacial score (nSPS) is 21.5. The summed E-state index contributed by atoms with van der Waals surface area (Å²) in [4.78, 5) is 24.3. The van der Waals surface area contributed by atoms with Gasteiger partial charge in [0.1, 0.15) is 0 Å². The Labute approximate surface area is 155 Å². The molecular weight excluding hydrogens is 380 g/mol. The molecule has 2 saturated carbocycles. The maximum absolute atomic E-state index is 12.5. The number of rotatable bonds is 5. The van der Waals surface area contributed by atoms with E-state index in [1.807, 2.05) is 36.4 Å². The summed E-state index contributed by atoms with van der Waals surface area (Å²) in [6.45, 7) is 0. The van der Waals surface area contributed by atoms with E-state index in [0.717, 1.165) is 35.1 Å². The number of hydrogen-bond donors (Lipinski definition) is 2. The third-order valence-corrected chi connectivity index (χ3v) is 5.30. The molecule has 2 unspecified atom stereocenters. The van der Waals surface area contributed by atoms with Gasteiger partial charge in [-0.1, -0.05) is 34.1 Å². The van der Waals surface area contributed by atoms with Crippen molar-refractivity contribution < 1.29 is 9.59 Å². The number of hydrogen-bond acceptors (Lipinski definition) is 2. The van der Waals surface area contributed by atoms with Gasteiger partial charge in [-0.15, -0.1) is 0 Å². The van der Waals surface area contributed by atoms with E-state index < -0.39 is 0 Å². The molecule has 2 fully saturated rings. The molecule has 4 nitrogen and oxygen atoms in total. The largest absolute Gasteiger partial charge is 0.326 e. The molecule has 128 valence electrons. The highest BCUT2D eigenvalue weighted by Crippen LogP contribution is 2.48. The number of anilines is 2. The molecule has 25 heavy (non-hydrogen) atoms. The topological polar surface area (TPSA) is 58.2 Å². The lowest BCUT2D eigenvalue weighted by atomic mass is 10.1. The van der Waals surface area contributed by atoms with E-state index in [0.29, 0.717) is 5.92 Å². The van der Waals surface area contributed by atoms with Gasteiger partial charge in [0, 0.05) is 27.7 Å². The van der Waals surface area contributed by atoms with Gasteiger partial charge in [0.2, 0.25) is 11.8 Å². The fourth-order valence-electron chi connectivity index (χ4n) is 3.06. The molecule has 2 atom stereocenters. The van der Waals surface area contributed by atoms with Crippen molar-refractivity contribution in [3.8, 4) is 0 Å². The summed E-state index contributed by atoms with van der Waals surface area (Å²) in [6.07, 6.45) is 2.83. The molecule has 0 bridgehead atoms. The van der Waals surface area contributed by atoms with Crippen LogP contribution in [-0.2, 0) is 9.59 Å². The van der Waals surface area contributed by atoms with Crippen LogP contribution < -0.4 is 10.6 Å². The van der Waals surface area contributed by atoms with Gasteiger partial charge in [0.15, 0.2) is 0 Å². The molecule has 0 radical (unpaired) electrons. The van der Waals surface area contributed by atoms with E-state index in [4.69, 9.17) is 0 Å². The minimum absolute atomic E-state index is 0.0193. The fraction of sp³-hybridized carbons (Fsp3) is 0.300. The summed E-state index contributed by atoms with van der Waals surface area (Å²) in [5, 5.41) is 5.88. The highest BCUT2D eigenvalue weighted by atomic mass is 79.9. The van der Waals surface area contributed by atoms with Crippen molar-refractivity contribution in [2.24, 2.45) is 11.8 Å². The summed E-state index contributed by atoms with van der Waals surface area (Å²) in [5.74, 6) is 0.590. The van der Waals surface area contributed by atoms with Gasteiger partial charge in [-0.3, -0.25) is 9.59 Å². The molecule has 4 rings (SSSR count). The molecular formula is C20H19BrN2O2. The van der Waals surface area contributed by atoms with Crippen LogP contribution in [0.5, 0.6) is 0 Å². The molecule has 0 spiro atoms. The minimum atomic E-state index is 0.0193. The van der Waals surface area contributed by atoms with E-state index in [1.165, 1.54) is 5.56 Å². The van der Waals surface area contributed by atoms with Gasteiger partial charge in [0.05, 0.1) is 0 Å². The first kappa shape index (κ1) is 16.3. The Bertz CT molecular complexity index is 815. The Kier molecular flexibility index (Phi) is 4.34. The molecule has 2 amide bonds. The smallest absolute Gasteiger partial charge is 0.228 e. The lowest BCUT2D eigenvalue weighted by Gasteiger charge is -2.09. The molecule has 2 aromatic rings. The van der Waals surface area contributed by atoms with Crippen molar-refractivity contribution in [3.63, 3.8) is 0 Å². The predicted octanol–water partition coefficient (Wildman–Crippen LogP) is 4.54. The van der Waals surface area contributed by atoms with Crippen molar-refractivity contribution in [2.45, 2.75) is 25.2 Å². The zero-order chi connectivity index (χ0) is 17.4. The summed E-state index contributed by atoms with van der Waals surface area (Å²) in [6, 6.07) is 15.5. The fourth-order valence-corrected chi connectivity index (χ4v) is 3.33. The van der Waals surface area contributed by atoms with E-state index in [2.05, 4.69) is 38.7 Å². The van der Waals surface area contributed by atoms with E-state index in [-0.39, 0.29) is 23.7 Å². The van der Waals surface area contributed by atoms with Crippen molar-refractivity contribution >= 4 is 39.1 Å². The number of carbonyl (C=O) groups excluding carboxylic acids is 2. The van der Waals surface area contributed by atoms with Gasteiger partial charge in [-0.2, -0.15) is 0 Å². The quantitative estimate of drug-likeness (QED) is 0.776. The lowest BCUT2D eigenvalue weighted by molar-refractivity contribution is -0.118. The van der Waals surface area contributed by atoms with Crippen LogP contribution in [0.1, 0.15) is 30.7 Å². The first-order valence-electron chi connectivity index (χ1n) is 8.57. The van der Waals surface area contributed by atoms with Crippen LogP contribution in [-0.4, -0.2) is 11.8 Å². The Morgan fingerprint density at radius 1 is 0.920 bits per heavy atom. The predicted molar refractivity (Wildman–Crippen MR) is 101 cm³/mol. The first-order chi connectivity index (χ1) is 12.1. The summed E-state index contributed by atoms with van der Waals surface area (Å²) < 4.78 is 1.04. The monoisotopic (exact) mass is 398 g/mol. The van der Waals surface area contributed by atoms with Crippen LogP contribution in [0.3, 0.4) is 0 Å². The Hall–Kier alpha value is -2.14. The molecule has 0 saturated heterocycles. The average Bonchev–Trinajstić information content (AvgIpc) is 3.48. The number of amides is 2. The second-order valence-corrected chi connectivity index (χ2v) is 7.75. The number of halogens is 1. The van der Waals surface area contributed by atoms with Gasteiger partial charge < -0.3 is 10.6 Å². The second kappa shape index (κ2) is 6.64. The maximum Gasteiger partial charge on any atom is 0.228 e. The summed E-state index contributed by atoms with van der Waals surface area (Å²) in [5.41, 5.74) is 2.66. The molecule has 5 heteroatoms. The van der Waals surface area contributed by atoms with Crippen LogP contribution in [0.25, 0.3) is 0 Å². The molecule has 0 heterocycles. The van der Waals surface area contributed by atoms with Crippen molar-refractivity contribution in [3.05, 3.63) is 58.6 Å². The van der Waals surface area contributed by atoms with Crippen molar-refractivity contribution in [2.75, 3.05) is 10.6 Å². The number of nitrogens with one attached hydrogen (secondary N) is 2. The maximum atomic E-state index is 12.5. The van der Waals surface area contributed by atoms with Crippen LogP contribution >= 0.6 is 15.9 Å². The van der Waals surface area contributed by atoms with E-state index >= 15 is 0 Å². The van der Waals surface area contributed by atoms with Crippen molar-refractivity contribution in [1.82, 2.24) is 0 Å². The summed E-state index contributed by atoms with van der Waals surface area (Å²) in [7, 11) is 0. The molecule has 2 aliphatic rings. The number of benzene rings is 2. The standard InChI is InChI=1S/C20H19BrN2O2/c21-14-8-6-12(7-9-14)17-11-18(17)20(25)23-16-3-1-2-15(10-16)22-19(24)13-4-5-13/h1-3,6-10,13,17-18H,4-5,11H2,(H,22,24)(H,23,25). The molecule has 0 aromatic heterocycles. The first-order valence-corrected chi connectivity index (χ1v) is 9.37. The van der Waals surface area contributed by atoms with Crippen LogP contribution in [0.15, 0.2) is 53.0 Å². The Morgan fingerprint density at radius 2 is 1.56 bits per heavy atom. The van der Waals surface area contributed by atoms with Crippen LogP contribution in [0.2, 0.25) is 0 Å². The van der Waals surface area contributed by atoms with Gasteiger partial charge in [-0.25, -0.2) is 0 Å². The highest BCUT2D eigenvalue weighted by molar-refractivity contribution is 9.10. The molecule has 2 aromatic carbocycles. The van der Waals surface area contributed by atoms with Crippen LogP contribution in [0.4, 0.5) is 11.4 Å². The average molecular weight is 399 g/mol. The van der Waals surface area contributed by atoms with E-state index in [1.54, 1.807) is 0 Å². The Balaban J connectivity index is 1.36. The highest BCUT2D eigenvalue weighted by Gasteiger charge is 2.43. The second-order valence-electron chi connectivity index (χ2n) is 6.83. The SMILES string of the molecule is O=C(Nc1cccc(NC(=O)C2CC2c2ccc(Br)cc2)c1)C1CC1. The zero-order valence-corrected chi connectivity index (χ0v) is 15.3. The molecule has 2 aliphatic carbocycles. The summed E-state index contributed by atoms with van der Waals surface area (Å²) >= 11 is 3.43. The van der Waals surface area contributed by atoms with Gasteiger partial charge in [-0.05, 0) is 61.1 Å². The zero-order valence-electron chi connectivity index (χ0n) is 13.7. The minimum Gasteiger partial charge on any atom is -0.326 e. The van der Waals surface area contributed by atoms with Gasteiger partial charge >= 0.3 is 0 Å². The number of carbonyl (C=O) groups is 2. The van der Waals surface area contributed by atoms with Crippen LogP contribution in [0, 0.1) is 11.8 Å². The van der Waals surface area contributed by atoms with Crippen molar-refractivity contribution in [1.29, 1.82) is 0 Å².